The molecular formula is C13H11Cl2NO3S. The monoisotopic (exact) mass is 331 g/mol. The van der Waals surface area contributed by atoms with Gasteiger partial charge >= 0.3 is 5.97 Å². The molecule has 0 saturated heterocycles. The first-order valence-electron chi connectivity index (χ1n) is 5.77. The molecule has 7 heteroatoms. The Morgan fingerprint density at radius 2 is 2.20 bits per heavy atom. The molecule has 0 aliphatic rings. The van der Waals surface area contributed by atoms with Gasteiger partial charge in [0.05, 0.1) is 28.8 Å². The van der Waals surface area contributed by atoms with Gasteiger partial charge in [0.2, 0.25) is 0 Å². The number of carbonyl (C=O) groups is 1. The molecule has 0 radical (unpaired) electrons. The second-order valence-electron chi connectivity index (χ2n) is 3.98. The van der Waals surface area contributed by atoms with Crippen LogP contribution in [0.1, 0.15) is 10.7 Å². The lowest BCUT2D eigenvalue weighted by Crippen LogP contribution is -2.03. The molecule has 0 spiro atoms. The van der Waals surface area contributed by atoms with Crippen molar-refractivity contribution in [2.75, 3.05) is 6.61 Å². The smallest absolute Gasteiger partial charge is 0.309 e. The Morgan fingerprint density at radius 1 is 1.40 bits per heavy atom. The number of benzene rings is 1. The third kappa shape index (κ3) is 4.37. The molecular weight excluding hydrogens is 321 g/mol. The van der Waals surface area contributed by atoms with E-state index < -0.39 is 5.97 Å². The van der Waals surface area contributed by atoms with E-state index in [9.17, 15) is 4.79 Å². The molecule has 0 fully saturated rings. The standard InChI is InChI=1S/C13H11Cl2NO3S/c14-8-1-2-11(10(15)5-8)19-4-3-12-16-9(7-20-12)6-13(17)18/h1-2,5,7H,3-4,6H2,(H,17,18). The first-order chi connectivity index (χ1) is 9.54. The number of halogens is 2. The fourth-order valence-electron chi connectivity index (χ4n) is 1.54. The van der Waals surface area contributed by atoms with Gasteiger partial charge in [0, 0.05) is 16.8 Å². The lowest BCUT2D eigenvalue weighted by molar-refractivity contribution is -0.136. The summed E-state index contributed by atoms with van der Waals surface area (Å²) in [7, 11) is 0. The number of nitrogens with zero attached hydrogens (tertiary/aromatic N) is 1. The highest BCUT2D eigenvalue weighted by Gasteiger charge is 2.07. The number of aliphatic carboxylic acids is 1. The van der Waals surface area contributed by atoms with E-state index in [1.807, 2.05) is 0 Å². The summed E-state index contributed by atoms with van der Waals surface area (Å²) in [5.74, 6) is -0.315. The maximum atomic E-state index is 10.6. The number of aromatic nitrogens is 1. The number of hydrogen-bond acceptors (Lipinski definition) is 4. The molecule has 106 valence electrons. The number of carboxylic acid groups (broad SMARTS) is 1. The fourth-order valence-corrected chi connectivity index (χ4v) is 2.78. The van der Waals surface area contributed by atoms with Gasteiger partial charge in [-0.2, -0.15) is 0 Å². The van der Waals surface area contributed by atoms with Gasteiger partial charge in [0.15, 0.2) is 0 Å². The second kappa shape index (κ2) is 6.92. The van der Waals surface area contributed by atoms with Crippen molar-refractivity contribution in [1.29, 1.82) is 0 Å². The van der Waals surface area contributed by atoms with E-state index in [1.54, 1.807) is 23.6 Å². The van der Waals surface area contributed by atoms with Crippen LogP contribution in [0.25, 0.3) is 0 Å². The third-order valence-corrected chi connectivity index (χ3v) is 3.89. The number of hydrogen-bond donors (Lipinski definition) is 1. The summed E-state index contributed by atoms with van der Waals surface area (Å²) in [6.07, 6.45) is 0.545. The van der Waals surface area contributed by atoms with Crippen LogP contribution in [0.2, 0.25) is 10.0 Å². The summed E-state index contributed by atoms with van der Waals surface area (Å²) in [4.78, 5) is 14.8. The number of thiazole rings is 1. The van der Waals surface area contributed by atoms with E-state index in [4.69, 9.17) is 33.0 Å². The highest BCUT2D eigenvalue weighted by Crippen LogP contribution is 2.27. The van der Waals surface area contributed by atoms with E-state index >= 15 is 0 Å². The summed E-state index contributed by atoms with van der Waals surface area (Å²) in [6.45, 7) is 0.418. The van der Waals surface area contributed by atoms with Crippen LogP contribution >= 0.6 is 34.5 Å². The molecule has 1 aromatic carbocycles. The van der Waals surface area contributed by atoms with Crippen LogP contribution in [0.3, 0.4) is 0 Å². The Kier molecular flexibility index (Phi) is 5.23. The minimum Gasteiger partial charge on any atom is -0.492 e. The number of ether oxygens (including phenoxy) is 1. The topological polar surface area (TPSA) is 59.4 Å². The van der Waals surface area contributed by atoms with Crippen LogP contribution in [-0.4, -0.2) is 22.7 Å². The van der Waals surface area contributed by atoms with Crippen molar-refractivity contribution in [1.82, 2.24) is 4.98 Å². The first kappa shape index (κ1) is 15.1. The Hall–Kier alpha value is -1.30. The van der Waals surface area contributed by atoms with E-state index in [1.165, 1.54) is 11.3 Å². The van der Waals surface area contributed by atoms with Crippen LogP contribution in [0.15, 0.2) is 23.6 Å². The maximum absolute atomic E-state index is 10.6. The highest BCUT2D eigenvalue weighted by molar-refractivity contribution is 7.09. The Balaban J connectivity index is 1.86. The van der Waals surface area contributed by atoms with Gasteiger partial charge in [0.25, 0.3) is 0 Å². The molecule has 0 aliphatic heterocycles. The van der Waals surface area contributed by atoms with E-state index in [-0.39, 0.29) is 6.42 Å². The van der Waals surface area contributed by atoms with Crippen molar-refractivity contribution >= 4 is 40.5 Å². The maximum Gasteiger partial charge on any atom is 0.309 e. The third-order valence-electron chi connectivity index (χ3n) is 2.40. The molecule has 0 atom stereocenters. The van der Waals surface area contributed by atoms with Gasteiger partial charge in [-0.1, -0.05) is 23.2 Å². The zero-order chi connectivity index (χ0) is 14.5. The fraction of sp³-hybridized carbons (Fsp3) is 0.231. The summed E-state index contributed by atoms with van der Waals surface area (Å²) in [6, 6.07) is 5.03. The molecule has 20 heavy (non-hydrogen) atoms. The average molecular weight is 332 g/mol. The van der Waals surface area contributed by atoms with Gasteiger partial charge in [-0.25, -0.2) is 4.98 Å². The van der Waals surface area contributed by atoms with Crippen molar-refractivity contribution in [2.45, 2.75) is 12.8 Å². The molecule has 1 heterocycles. The Labute approximate surface area is 129 Å². The molecule has 0 unspecified atom stereocenters. The summed E-state index contributed by atoms with van der Waals surface area (Å²) in [5, 5.41) is 12.3. The van der Waals surface area contributed by atoms with E-state index in [0.29, 0.717) is 34.5 Å². The van der Waals surface area contributed by atoms with Gasteiger partial charge in [-0.15, -0.1) is 11.3 Å². The molecule has 1 N–H and O–H groups in total. The van der Waals surface area contributed by atoms with Crippen molar-refractivity contribution < 1.29 is 14.6 Å². The SMILES string of the molecule is O=C(O)Cc1csc(CCOc2ccc(Cl)cc2Cl)n1. The minimum atomic E-state index is -0.883. The summed E-state index contributed by atoms with van der Waals surface area (Å²) >= 11 is 13.2. The molecule has 0 aliphatic carbocycles. The second-order valence-corrected chi connectivity index (χ2v) is 5.76. The van der Waals surface area contributed by atoms with Crippen molar-refractivity contribution in [3.05, 3.63) is 44.3 Å². The molecule has 1 aromatic heterocycles. The molecule has 2 rings (SSSR count). The van der Waals surface area contributed by atoms with E-state index in [2.05, 4.69) is 4.98 Å². The average Bonchev–Trinajstić information content (AvgIpc) is 2.79. The number of carboxylic acids is 1. The zero-order valence-corrected chi connectivity index (χ0v) is 12.6. The van der Waals surface area contributed by atoms with Crippen molar-refractivity contribution in [2.24, 2.45) is 0 Å². The molecule has 4 nitrogen and oxygen atoms in total. The lowest BCUT2D eigenvalue weighted by atomic mass is 10.3. The van der Waals surface area contributed by atoms with Gasteiger partial charge in [-0.05, 0) is 18.2 Å². The molecule has 0 amide bonds. The van der Waals surface area contributed by atoms with Crippen LogP contribution in [0.4, 0.5) is 0 Å². The van der Waals surface area contributed by atoms with Crippen LogP contribution in [0.5, 0.6) is 5.75 Å². The van der Waals surface area contributed by atoms with Gasteiger partial charge < -0.3 is 9.84 Å². The lowest BCUT2D eigenvalue weighted by Gasteiger charge is -2.06. The molecule has 0 bridgehead atoms. The van der Waals surface area contributed by atoms with Crippen molar-refractivity contribution in [3.63, 3.8) is 0 Å². The van der Waals surface area contributed by atoms with Crippen LogP contribution < -0.4 is 4.74 Å². The molecule has 0 saturated carbocycles. The predicted octanol–water partition coefficient (Wildman–Crippen LogP) is 3.70. The predicted molar refractivity (Wildman–Crippen MR) is 79.1 cm³/mol. The largest absolute Gasteiger partial charge is 0.492 e. The van der Waals surface area contributed by atoms with Crippen LogP contribution in [0, 0.1) is 0 Å². The first-order valence-corrected chi connectivity index (χ1v) is 7.41. The minimum absolute atomic E-state index is 0.0552. The van der Waals surface area contributed by atoms with E-state index in [0.717, 1.165) is 5.01 Å². The zero-order valence-electron chi connectivity index (χ0n) is 10.3. The van der Waals surface area contributed by atoms with Gasteiger partial charge in [0.1, 0.15) is 5.75 Å². The van der Waals surface area contributed by atoms with Gasteiger partial charge in [-0.3, -0.25) is 4.79 Å². The quantitative estimate of drug-likeness (QED) is 0.876. The summed E-state index contributed by atoms with van der Waals surface area (Å²) < 4.78 is 5.55. The normalized spacial score (nSPS) is 10.5. The molecule has 2 aromatic rings. The highest BCUT2D eigenvalue weighted by atomic mass is 35.5. The Bertz CT molecular complexity index is 615. The van der Waals surface area contributed by atoms with Crippen LogP contribution in [-0.2, 0) is 17.6 Å². The van der Waals surface area contributed by atoms with Crippen molar-refractivity contribution in [3.8, 4) is 5.75 Å². The number of rotatable bonds is 6. The Morgan fingerprint density at radius 3 is 2.90 bits per heavy atom. The summed E-state index contributed by atoms with van der Waals surface area (Å²) in [5.41, 5.74) is 0.571.